The Morgan fingerprint density at radius 3 is 2.79 bits per heavy atom. The summed E-state index contributed by atoms with van der Waals surface area (Å²) in [5.41, 5.74) is 1.70. The topological polar surface area (TPSA) is 117 Å². The number of nitriles is 1. The van der Waals surface area contributed by atoms with Gasteiger partial charge < -0.3 is 20.2 Å². The van der Waals surface area contributed by atoms with Gasteiger partial charge in [0.15, 0.2) is 0 Å². The third-order valence-corrected chi connectivity index (χ3v) is 5.74. The van der Waals surface area contributed by atoms with Gasteiger partial charge in [-0.3, -0.25) is 9.69 Å². The van der Waals surface area contributed by atoms with Crippen molar-refractivity contribution in [1.29, 1.82) is 5.26 Å². The van der Waals surface area contributed by atoms with Crippen molar-refractivity contribution in [2.45, 2.75) is 25.8 Å². The number of aliphatic carboxylic acids is 1. The molecule has 0 aliphatic carbocycles. The quantitative estimate of drug-likeness (QED) is 0.708. The summed E-state index contributed by atoms with van der Waals surface area (Å²) in [4.78, 5) is 40.8. The lowest BCUT2D eigenvalue weighted by molar-refractivity contribution is -0.137. The average molecular weight is 420 g/mol. The highest BCUT2D eigenvalue weighted by Crippen LogP contribution is 2.33. The molecule has 0 aromatic heterocycles. The highest BCUT2D eigenvalue weighted by molar-refractivity contribution is 6.33. The van der Waals surface area contributed by atoms with Crippen LogP contribution in [0.3, 0.4) is 0 Å². The number of hydrogen-bond acceptors (Lipinski definition) is 4. The van der Waals surface area contributed by atoms with Crippen LogP contribution in [0.4, 0.5) is 15.3 Å². The monoisotopic (exact) mass is 419 g/mol. The van der Waals surface area contributed by atoms with Crippen molar-refractivity contribution in [2.75, 3.05) is 37.6 Å². The second-order valence-electron chi connectivity index (χ2n) is 7.10. The van der Waals surface area contributed by atoms with E-state index in [0.717, 1.165) is 0 Å². The minimum Gasteiger partial charge on any atom is -0.481 e. The van der Waals surface area contributed by atoms with Crippen LogP contribution in [-0.4, -0.2) is 71.7 Å². The highest BCUT2D eigenvalue weighted by Gasteiger charge is 2.42. The number of carboxylic acid groups (broad SMARTS) is 1. The molecule has 1 atom stereocenters. The van der Waals surface area contributed by atoms with E-state index in [1.54, 1.807) is 33.8 Å². The van der Waals surface area contributed by atoms with Gasteiger partial charge in [-0.25, -0.2) is 9.59 Å². The first-order valence-corrected chi connectivity index (χ1v) is 9.73. The van der Waals surface area contributed by atoms with Gasteiger partial charge in [0, 0.05) is 44.8 Å². The van der Waals surface area contributed by atoms with E-state index in [-0.39, 0.29) is 24.5 Å². The van der Waals surface area contributed by atoms with Crippen LogP contribution in [0.25, 0.3) is 0 Å². The maximum absolute atomic E-state index is 12.9. The summed E-state index contributed by atoms with van der Waals surface area (Å²) in [6.45, 7) is 3.73. The number of carbonyl (C=O) groups excluding carboxylic acids is 2. The van der Waals surface area contributed by atoms with Crippen molar-refractivity contribution in [3.8, 4) is 6.07 Å². The molecule has 0 bridgehead atoms. The number of anilines is 1. The number of carbonyl (C=O) groups is 3. The molecule has 2 aliphatic heterocycles. The molecule has 4 amide bonds. The summed E-state index contributed by atoms with van der Waals surface area (Å²) in [7, 11) is 0. The Morgan fingerprint density at radius 1 is 1.34 bits per heavy atom. The largest absolute Gasteiger partial charge is 0.481 e. The van der Waals surface area contributed by atoms with Crippen molar-refractivity contribution >= 4 is 35.3 Å². The Morgan fingerprint density at radius 2 is 2.10 bits per heavy atom. The Balaban J connectivity index is 1.64. The zero-order chi connectivity index (χ0) is 21.1. The van der Waals surface area contributed by atoms with E-state index in [1.807, 2.05) is 6.07 Å². The van der Waals surface area contributed by atoms with Crippen molar-refractivity contribution in [3.05, 3.63) is 28.3 Å². The lowest BCUT2D eigenvalue weighted by Gasteiger charge is -2.36. The first kappa shape index (κ1) is 20.7. The molecule has 2 heterocycles. The summed E-state index contributed by atoms with van der Waals surface area (Å²) in [5.74, 6) is -0.893. The van der Waals surface area contributed by atoms with E-state index in [0.29, 0.717) is 61.0 Å². The van der Waals surface area contributed by atoms with E-state index in [4.69, 9.17) is 22.0 Å². The zero-order valence-electron chi connectivity index (χ0n) is 16.0. The first-order chi connectivity index (χ1) is 13.8. The van der Waals surface area contributed by atoms with Crippen molar-refractivity contribution in [2.24, 2.45) is 0 Å². The molecule has 3 rings (SSSR count). The third kappa shape index (κ3) is 4.22. The molecule has 0 saturated carbocycles. The zero-order valence-corrected chi connectivity index (χ0v) is 16.8. The maximum Gasteiger partial charge on any atom is 0.325 e. The minimum absolute atomic E-state index is 0.00659. The number of halogens is 1. The van der Waals surface area contributed by atoms with Gasteiger partial charge in [-0.15, -0.1) is 0 Å². The Kier molecular flexibility index (Phi) is 6.13. The molecular weight excluding hydrogens is 398 g/mol. The predicted octanol–water partition coefficient (Wildman–Crippen LogP) is 2.02. The molecule has 2 aliphatic rings. The second kappa shape index (κ2) is 8.57. The number of rotatable bonds is 5. The minimum atomic E-state index is -0.893. The molecule has 2 N–H and O–H groups in total. The Hall–Kier alpha value is -2.99. The highest BCUT2D eigenvalue weighted by atomic mass is 35.5. The van der Waals surface area contributed by atoms with E-state index < -0.39 is 5.97 Å². The molecule has 0 spiro atoms. The van der Waals surface area contributed by atoms with Crippen LogP contribution in [0, 0.1) is 18.3 Å². The SMILES string of the molecule is Cc1c(N2C[C@@H]3CN(C(=O)NCCCC(=O)O)CCN3C2=O)ccc(C#N)c1Cl. The third-order valence-electron chi connectivity index (χ3n) is 5.25. The van der Waals surface area contributed by atoms with Gasteiger partial charge in [-0.1, -0.05) is 11.6 Å². The second-order valence-corrected chi connectivity index (χ2v) is 7.48. The number of fused-ring (bicyclic) bond motifs is 1. The van der Waals surface area contributed by atoms with E-state index >= 15 is 0 Å². The molecular formula is C19H22ClN5O4. The Labute approximate surface area is 173 Å². The van der Waals surface area contributed by atoms with Gasteiger partial charge in [0.1, 0.15) is 6.07 Å². The van der Waals surface area contributed by atoms with Crippen LogP contribution in [0.1, 0.15) is 24.0 Å². The maximum atomic E-state index is 12.9. The van der Waals surface area contributed by atoms with Crippen LogP contribution in [0.15, 0.2) is 12.1 Å². The molecule has 1 aromatic rings. The van der Waals surface area contributed by atoms with Crippen LogP contribution >= 0.6 is 11.6 Å². The van der Waals surface area contributed by atoms with Crippen LogP contribution in [0.5, 0.6) is 0 Å². The molecule has 29 heavy (non-hydrogen) atoms. The number of hydrogen-bond donors (Lipinski definition) is 2. The van der Waals surface area contributed by atoms with Gasteiger partial charge in [0.05, 0.1) is 16.6 Å². The lowest BCUT2D eigenvalue weighted by Crippen LogP contribution is -2.56. The summed E-state index contributed by atoms with van der Waals surface area (Å²) < 4.78 is 0. The fourth-order valence-electron chi connectivity index (χ4n) is 3.69. The molecule has 154 valence electrons. The van der Waals surface area contributed by atoms with Gasteiger partial charge in [-0.05, 0) is 31.0 Å². The normalized spacial score (nSPS) is 18.4. The predicted molar refractivity (Wildman–Crippen MR) is 106 cm³/mol. The van der Waals surface area contributed by atoms with Crippen molar-refractivity contribution in [3.63, 3.8) is 0 Å². The van der Waals surface area contributed by atoms with Crippen LogP contribution < -0.4 is 10.2 Å². The smallest absolute Gasteiger partial charge is 0.325 e. The van der Waals surface area contributed by atoms with Crippen LogP contribution in [-0.2, 0) is 4.79 Å². The standard InChI is InChI=1S/C19H22ClN5O4/c1-12-15(5-4-13(9-21)17(12)20)25-11-14-10-23(7-8-24(14)19(25)29)18(28)22-6-2-3-16(26)27/h4-5,14H,2-3,6-8,10-11H2,1H3,(H,22,28)(H,26,27)/t14-/m0/s1. The van der Waals surface area contributed by atoms with Gasteiger partial charge in [-0.2, -0.15) is 5.26 Å². The number of urea groups is 2. The molecule has 0 unspecified atom stereocenters. The summed E-state index contributed by atoms with van der Waals surface area (Å²) in [6.07, 6.45) is 0.377. The molecule has 1 aromatic carbocycles. The number of carboxylic acids is 1. The number of nitrogens with one attached hydrogen (secondary N) is 1. The number of amides is 4. The van der Waals surface area contributed by atoms with Crippen LogP contribution in [0.2, 0.25) is 5.02 Å². The molecule has 9 nitrogen and oxygen atoms in total. The number of benzene rings is 1. The Bertz CT molecular complexity index is 884. The van der Waals surface area contributed by atoms with E-state index in [2.05, 4.69) is 5.32 Å². The van der Waals surface area contributed by atoms with E-state index in [9.17, 15) is 14.4 Å². The van der Waals surface area contributed by atoms with E-state index in [1.165, 1.54) is 0 Å². The summed E-state index contributed by atoms with van der Waals surface area (Å²) >= 11 is 6.25. The average Bonchev–Trinajstić information content (AvgIpc) is 3.02. The molecule has 10 heteroatoms. The molecule has 2 saturated heterocycles. The van der Waals surface area contributed by atoms with Crippen molar-refractivity contribution < 1.29 is 19.5 Å². The first-order valence-electron chi connectivity index (χ1n) is 9.35. The number of piperazine rings is 1. The number of nitrogens with zero attached hydrogens (tertiary/aromatic N) is 4. The van der Waals surface area contributed by atoms with Crippen molar-refractivity contribution in [1.82, 2.24) is 15.1 Å². The summed E-state index contributed by atoms with van der Waals surface area (Å²) in [5, 5.41) is 20.8. The van der Waals surface area contributed by atoms with Gasteiger partial charge >= 0.3 is 18.0 Å². The lowest BCUT2D eigenvalue weighted by atomic mass is 10.1. The van der Waals surface area contributed by atoms with Gasteiger partial charge in [0.25, 0.3) is 0 Å². The fraction of sp³-hybridized carbons (Fsp3) is 0.474. The fourth-order valence-corrected chi connectivity index (χ4v) is 3.90. The summed E-state index contributed by atoms with van der Waals surface area (Å²) in [6, 6.07) is 4.83. The molecule has 0 radical (unpaired) electrons. The van der Waals surface area contributed by atoms with Gasteiger partial charge in [0.2, 0.25) is 0 Å². The molecule has 2 fully saturated rings.